The zero-order valence-corrected chi connectivity index (χ0v) is 18.8. The maximum atomic E-state index is 13.1. The summed E-state index contributed by atoms with van der Waals surface area (Å²) in [5, 5.41) is 3.72. The molecule has 0 unspecified atom stereocenters. The van der Waals surface area contributed by atoms with Gasteiger partial charge in [0.1, 0.15) is 5.69 Å². The molecule has 31 heavy (non-hydrogen) atoms. The van der Waals surface area contributed by atoms with Crippen molar-refractivity contribution in [1.29, 1.82) is 0 Å². The molecule has 1 aliphatic heterocycles. The summed E-state index contributed by atoms with van der Waals surface area (Å²) in [7, 11) is -3.53. The fourth-order valence-electron chi connectivity index (χ4n) is 4.12. The molecule has 7 heteroatoms. The van der Waals surface area contributed by atoms with Crippen LogP contribution in [-0.2, 0) is 16.4 Å². The molecular formula is C24H29N3O3S. The smallest absolute Gasteiger partial charge is 0.268 e. The van der Waals surface area contributed by atoms with Gasteiger partial charge in [0.15, 0.2) is 0 Å². The second kappa shape index (κ2) is 8.85. The molecule has 4 rings (SSSR count). The predicted molar refractivity (Wildman–Crippen MR) is 123 cm³/mol. The number of aromatic nitrogens is 1. The van der Waals surface area contributed by atoms with Crippen LogP contribution in [0.25, 0.3) is 10.9 Å². The third kappa shape index (κ3) is 4.52. The van der Waals surface area contributed by atoms with E-state index in [1.54, 1.807) is 22.5 Å². The number of fused-ring (bicyclic) bond motifs is 1. The third-order valence-corrected chi connectivity index (χ3v) is 8.07. The summed E-state index contributed by atoms with van der Waals surface area (Å²) in [6.07, 6.45) is 2.53. The lowest BCUT2D eigenvalue weighted by Crippen LogP contribution is -2.37. The van der Waals surface area contributed by atoms with Crippen LogP contribution in [0, 0.1) is 12.8 Å². The zero-order valence-electron chi connectivity index (χ0n) is 18.0. The molecule has 3 aromatic rings. The van der Waals surface area contributed by atoms with Gasteiger partial charge in [0.05, 0.1) is 4.90 Å². The van der Waals surface area contributed by atoms with Crippen LogP contribution in [0.15, 0.2) is 53.4 Å². The number of H-pyrrole nitrogens is 1. The van der Waals surface area contributed by atoms with Crippen LogP contribution in [0.1, 0.15) is 41.4 Å². The van der Waals surface area contributed by atoms with E-state index in [-0.39, 0.29) is 10.8 Å². The fourth-order valence-corrected chi connectivity index (χ4v) is 5.62. The van der Waals surface area contributed by atoms with E-state index in [0.29, 0.717) is 31.2 Å². The van der Waals surface area contributed by atoms with E-state index in [4.69, 9.17) is 0 Å². The predicted octanol–water partition coefficient (Wildman–Crippen LogP) is 3.87. The first kappa shape index (κ1) is 21.6. The summed E-state index contributed by atoms with van der Waals surface area (Å²) < 4.78 is 27.8. The average molecular weight is 440 g/mol. The molecule has 0 radical (unpaired) electrons. The number of piperidine rings is 1. The number of aromatic amines is 1. The monoisotopic (exact) mass is 439 g/mol. The number of benzene rings is 2. The molecule has 1 saturated heterocycles. The van der Waals surface area contributed by atoms with Gasteiger partial charge in [-0.2, -0.15) is 4.31 Å². The molecule has 1 fully saturated rings. The van der Waals surface area contributed by atoms with Gasteiger partial charge >= 0.3 is 0 Å². The molecule has 0 spiro atoms. The van der Waals surface area contributed by atoms with Gasteiger partial charge in [0.2, 0.25) is 10.0 Å². The number of sulfonamides is 1. The van der Waals surface area contributed by atoms with E-state index in [9.17, 15) is 13.2 Å². The van der Waals surface area contributed by atoms with E-state index >= 15 is 0 Å². The number of nitrogens with one attached hydrogen (secondary N) is 2. The number of hydrogen-bond donors (Lipinski definition) is 2. The van der Waals surface area contributed by atoms with E-state index < -0.39 is 10.0 Å². The Morgan fingerprint density at radius 1 is 1.13 bits per heavy atom. The van der Waals surface area contributed by atoms with Gasteiger partial charge < -0.3 is 10.3 Å². The lowest BCUT2D eigenvalue weighted by atomic mass is 10.0. The zero-order chi connectivity index (χ0) is 22.0. The van der Waals surface area contributed by atoms with Gasteiger partial charge in [-0.05, 0) is 61.4 Å². The van der Waals surface area contributed by atoms with Crippen LogP contribution in [0.5, 0.6) is 0 Å². The van der Waals surface area contributed by atoms with Crippen molar-refractivity contribution >= 4 is 26.8 Å². The van der Waals surface area contributed by atoms with E-state index in [1.165, 1.54) is 0 Å². The Morgan fingerprint density at radius 3 is 2.55 bits per heavy atom. The number of aryl methyl sites for hydroxylation is 1. The van der Waals surface area contributed by atoms with Crippen LogP contribution in [-0.4, -0.2) is 43.2 Å². The van der Waals surface area contributed by atoms with E-state index in [0.717, 1.165) is 41.3 Å². The van der Waals surface area contributed by atoms with Crippen LogP contribution in [0.3, 0.4) is 0 Å². The van der Waals surface area contributed by atoms with Crippen molar-refractivity contribution < 1.29 is 13.2 Å². The molecule has 2 aromatic carbocycles. The summed E-state index contributed by atoms with van der Waals surface area (Å²) in [6.45, 7) is 5.66. The molecule has 1 aromatic heterocycles. The van der Waals surface area contributed by atoms with Crippen LogP contribution in [0.2, 0.25) is 0 Å². The quantitative estimate of drug-likeness (QED) is 0.612. The lowest BCUT2D eigenvalue weighted by Gasteiger charge is -2.29. The minimum Gasteiger partial charge on any atom is -0.350 e. The Morgan fingerprint density at radius 2 is 1.84 bits per heavy atom. The molecule has 0 atom stereocenters. The van der Waals surface area contributed by atoms with Gasteiger partial charge in [-0.3, -0.25) is 4.79 Å². The Hall–Kier alpha value is -2.64. The Bertz CT molecular complexity index is 1180. The summed E-state index contributed by atoms with van der Waals surface area (Å²) in [5.41, 5.74) is 3.16. The molecule has 6 nitrogen and oxygen atoms in total. The maximum absolute atomic E-state index is 13.1. The summed E-state index contributed by atoms with van der Waals surface area (Å²) in [4.78, 5) is 16.2. The Balaban J connectivity index is 1.51. The van der Waals surface area contributed by atoms with Gasteiger partial charge in [-0.15, -0.1) is 0 Å². The normalized spacial score (nSPS) is 15.9. The van der Waals surface area contributed by atoms with Crippen molar-refractivity contribution in [1.82, 2.24) is 14.6 Å². The highest BCUT2D eigenvalue weighted by Gasteiger charge is 2.28. The fraction of sp³-hybridized carbons (Fsp3) is 0.375. The number of rotatable bonds is 6. The Labute approximate surface area is 183 Å². The van der Waals surface area contributed by atoms with Gasteiger partial charge in [0, 0.05) is 30.5 Å². The largest absolute Gasteiger partial charge is 0.350 e. The van der Waals surface area contributed by atoms with E-state index in [1.807, 2.05) is 37.3 Å². The van der Waals surface area contributed by atoms with Crippen molar-refractivity contribution in [2.45, 2.75) is 38.0 Å². The number of carbonyl (C=O) groups excluding carboxylic acids is 1. The molecule has 0 bridgehead atoms. The highest BCUT2D eigenvalue weighted by molar-refractivity contribution is 7.89. The van der Waals surface area contributed by atoms with Crippen molar-refractivity contribution in [3.63, 3.8) is 0 Å². The average Bonchev–Trinajstić information content (AvgIpc) is 3.11. The minimum absolute atomic E-state index is 0.181. The Kier molecular flexibility index (Phi) is 6.16. The standard InChI is InChI=1S/C24H29N3O3S/c1-17-11-14-27(15-12-17)31(29,30)20-8-9-22-21(16-20)18(2)23(26-22)24(28)25-13-10-19-6-4-3-5-7-19/h3-9,16-17,26H,10-15H2,1-2H3,(H,25,28). The highest BCUT2D eigenvalue weighted by Crippen LogP contribution is 2.28. The summed E-state index contributed by atoms with van der Waals surface area (Å²) >= 11 is 0. The summed E-state index contributed by atoms with van der Waals surface area (Å²) in [6, 6.07) is 15.1. The first-order valence-corrected chi connectivity index (χ1v) is 12.2. The molecule has 164 valence electrons. The summed E-state index contributed by atoms with van der Waals surface area (Å²) in [5.74, 6) is 0.378. The van der Waals surface area contributed by atoms with Crippen LogP contribution >= 0.6 is 0 Å². The molecule has 0 saturated carbocycles. The number of nitrogens with zero attached hydrogens (tertiary/aromatic N) is 1. The molecule has 1 amide bonds. The molecule has 2 heterocycles. The lowest BCUT2D eigenvalue weighted by molar-refractivity contribution is 0.0949. The molecule has 1 aliphatic rings. The van der Waals surface area contributed by atoms with Crippen molar-refractivity contribution in [2.75, 3.05) is 19.6 Å². The van der Waals surface area contributed by atoms with E-state index in [2.05, 4.69) is 17.2 Å². The van der Waals surface area contributed by atoms with Gasteiger partial charge in [0.25, 0.3) is 5.91 Å². The number of hydrogen-bond acceptors (Lipinski definition) is 3. The molecule has 0 aliphatic carbocycles. The highest BCUT2D eigenvalue weighted by atomic mass is 32.2. The molecular weight excluding hydrogens is 410 g/mol. The first-order valence-electron chi connectivity index (χ1n) is 10.8. The maximum Gasteiger partial charge on any atom is 0.268 e. The van der Waals surface area contributed by atoms with Gasteiger partial charge in [-0.1, -0.05) is 37.3 Å². The number of carbonyl (C=O) groups is 1. The van der Waals surface area contributed by atoms with Crippen LogP contribution < -0.4 is 5.32 Å². The SMILES string of the molecule is Cc1c(C(=O)NCCc2ccccc2)[nH]c2ccc(S(=O)(=O)N3CCC(C)CC3)cc12. The third-order valence-electron chi connectivity index (χ3n) is 6.18. The van der Waals surface area contributed by atoms with Crippen LogP contribution in [0.4, 0.5) is 0 Å². The minimum atomic E-state index is -3.53. The number of amides is 1. The topological polar surface area (TPSA) is 82.3 Å². The first-order chi connectivity index (χ1) is 14.9. The van der Waals surface area contributed by atoms with Crippen molar-refractivity contribution in [2.24, 2.45) is 5.92 Å². The van der Waals surface area contributed by atoms with Gasteiger partial charge in [-0.25, -0.2) is 8.42 Å². The second-order valence-corrected chi connectivity index (χ2v) is 10.3. The van der Waals surface area contributed by atoms with Crippen molar-refractivity contribution in [3.05, 3.63) is 65.4 Å². The van der Waals surface area contributed by atoms with Crippen molar-refractivity contribution in [3.8, 4) is 0 Å². The second-order valence-electron chi connectivity index (χ2n) is 8.41. The molecule has 2 N–H and O–H groups in total.